The van der Waals surface area contributed by atoms with E-state index in [-0.39, 0.29) is 12.7 Å². The minimum absolute atomic E-state index is 0.141. The number of hydrogen-bond donors (Lipinski definition) is 1. The third kappa shape index (κ3) is 3.00. The molecule has 1 aromatic heterocycles. The van der Waals surface area contributed by atoms with Gasteiger partial charge in [-0.1, -0.05) is 13.0 Å². The molecule has 0 aliphatic rings. The van der Waals surface area contributed by atoms with E-state index in [1.807, 2.05) is 0 Å². The number of ether oxygens (including phenoxy) is 1. The quantitative estimate of drug-likeness (QED) is 0.853. The summed E-state index contributed by atoms with van der Waals surface area (Å²) >= 11 is 0. The van der Waals surface area contributed by atoms with Crippen molar-refractivity contribution >= 4 is 17.1 Å². The molecule has 0 aliphatic carbocycles. The Kier molecular flexibility index (Phi) is 4.47. The van der Waals surface area contributed by atoms with Crippen molar-refractivity contribution in [3.63, 3.8) is 0 Å². The number of aliphatic hydroxyl groups excluding tert-OH is 1. The summed E-state index contributed by atoms with van der Waals surface area (Å²) in [5, 5.41) is 9.12. The zero-order valence-electron chi connectivity index (χ0n) is 12.3. The van der Waals surface area contributed by atoms with E-state index in [1.165, 1.54) is 4.57 Å². The van der Waals surface area contributed by atoms with Crippen molar-refractivity contribution < 1.29 is 19.1 Å². The highest BCUT2D eigenvalue weighted by Crippen LogP contribution is 2.22. The lowest BCUT2D eigenvalue weighted by atomic mass is 10.2. The third-order valence-electron chi connectivity index (χ3n) is 3.18. The number of oxazole rings is 1. The molecule has 0 aliphatic heterocycles. The summed E-state index contributed by atoms with van der Waals surface area (Å²) in [6.07, 6.45) is 0.170. The van der Waals surface area contributed by atoms with Crippen LogP contribution in [0.25, 0.3) is 11.1 Å². The topological polar surface area (TPSA) is 81.7 Å². The smallest absolute Gasteiger partial charge is 0.420 e. The Bertz CT molecular complexity index is 698. The first-order chi connectivity index (χ1) is 9.97. The van der Waals surface area contributed by atoms with Crippen LogP contribution >= 0.6 is 0 Å². The average Bonchev–Trinajstić information content (AvgIpc) is 2.74. The summed E-state index contributed by atoms with van der Waals surface area (Å²) in [7, 11) is 0. The van der Waals surface area contributed by atoms with Crippen LogP contribution in [0.1, 0.15) is 38.8 Å². The van der Waals surface area contributed by atoms with Gasteiger partial charge in [-0.15, -0.1) is 0 Å². The summed E-state index contributed by atoms with van der Waals surface area (Å²) in [6.45, 7) is 5.18. The lowest BCUT2D eigenvalue weighted by Crippen LogP contribution is -2.29. The second-order valence-electron chi connectivity index (χ2n) is 5.11. The number of fused-ring (bicyclic) bond motifs is 1. The molecule has 6 heteroatoms. The fraction of sp³-hybridized carbons (Fsp3) is 0.467. The molecule has 1 heterocycles. The van der Waals surface area contributed by atoms with Crippen LogP contribution in [0, 0.1) is 0 Å². The van der Waals surface area contributed by atoms with Gasteiger partial charge in [0.15, 0.2) is 5.58 Å². The van der Waals surface area contributed by atoms with Crippen molar-refractivity contribution in [2.75, 3.05) is 0 Å². The molecule has 2 aromatic rings. The van der Waals surface area contributed by atoms with Gasteiger partial charge in [-0.25, -0.2) is 9.59 Å². The Balaban J connectivity index is 2.51. The molecule has 2 rings (SSSR count). The molecule has 114 valence electrons. The minimum Gasteiger partial charge on any atom is -0.461 e. The van der Waals surface area contributed by atoms with Crippen LogP contribution in [0.4, 0.5) is 0 Å². The first kappa shape index (κ1) is 15.3. The number of carbonyl (C=O) groups is 1. The average molecular weight is 293 g/mol. The Morgan fingerprint density at radius 1 is 1.43 bits per heavy atom. The number of benzene rings is 1. The van der Waals surface area contributed by atoms with Gasteiger partial charge in [-0.2, -0.15) is 0 Å². The molecule has 0 radical (unpaired) electrons. The number of aromatic nitrogens is 1. The molecule has 0 amide bonds. The molecule has 1 aromatic carbocycles. The summed E-state index contributed by atoms with van der Waals surface area (Å²) in [4.78, 5) is 24.2. The Morgan fingerprint density at radius 2 is 2.14 bits per heavy atom. The molecule has 0 saturated heterocycles. The maximum Gasteiger partial charge on any atom is 0.420 e. The number of aliphatic hydroxyl groups is 1. The minimum atomic E-state index is -0.721. The predicted molar refractivity (Wildman–Crippen MR) is 77.0 cm³/mol. The summed E-state index contributed by atoms with van der Waals surface area (Å²) < 4.78 is 11.7. The van der Waals surface area contributed by atoms with E-state index in [2.05, 4.69) is 0 Å². The Hall–Kier alpha value is -2.08. The molecular weight excluding hydrogens is 274 g/mol. The van der Waals surface area contributed by atoms with Gasteiger partial charge in [0.05, 0.1) is 18.2 Å². The molecule has 0 fully saturated rings. The normalized spacial score (nSPS) is 12.8. The standard InChI is InChI=1S/C15H19NO5/c1-4-11(14(18)20-9(2)3)16-12-6-5-10(8-17)7-13(12)21-15(16)19/h5-7,9,11,17H,4,8H2,1-3H3. The van der Waals surface area contributed by atoms with Gasteiger partial charge in [0.1, 0.15) is 6.04 Å². The van der Waals surface area contributed by atoms with Crippen molar-refractivity contribution in [2.24, 2.45) is 0 Å². The van der Waals surface area contributed by atoms with Gasteiger partial charge >= 0.3 is 11.7 Å². The number of hydrogen-bond acceptors (Lipinski definition) is 5. The van der Waals surface area contributed by atoms with E-state index in [4.69, 9.17) is 14.3 Å². The fourth-order valence-electron chi connectivity index (χ4n) is 2.24. The van der Waals surface area contributed by atoms with E-state index in [0.29, 0.717) is 23.1 Å². The fourth-order valence-corrected chi connectivity index (χ4v) is 2.24. The van der Waals surface area contributed by atoms with Gasteiger partial charge in [0, 0.05) is 0 Å². The van der Waals surface area contributed by atoms with Crippen LogP contribution in [-0.4, -0.2) is 21.7 Å². The Morgan fingerprint density at radius 3 is 2.71 bits per heavy atom. The maximum absolute atomic E-state index is 12.1. The first-order valence-corrected chi connectivity index (χ1v) is 6.93. The number of esters is 1. The van der Waals surface area contributed by atoms with Crippen molar-refractivity contribution in [1.82, 2.24) is 4.57 Å². The third-order valence-corrected chi connectivity index (χ3v) is 3.18. The molecular formula is C15H19NO5. The molecule has 1 atom stereocenters. The van der Waals surface area contributed by atoms with E-state index in [9.17, 15) is 9.59 Å². The molecule has 0 saturated carbocycles. The Labute approximate surface area is 121 Å². The van der Waals surface area contributed by atoms with Crippen molar-refractivity contribution in [1.29, 1.82) is 0 Å². The second-order valence-corrected chi connectivity index (χ2v) is 5.11. The van der Waals surface area contributed by atoms with E-state index in [1.54, 1.807) is 39.0 Å². The maximum atomic E-state index is 12.1. The monoisotopic (exact) mass is 293 g/mol. The van der Waals surface area contributed by atoms with Crippen molar-refractivity contribution in [3.05, 3.63) is 34.3 Å². The van der Waals surface area contributed by atoms with E-state index < -0.39 is 17.8 Å². The van der Waals surface area contributed by atoms with E-state index >= 15 is 0 Å². The second kappa shape index (κ2) is 6.13. The van der Waals surface area contributed by atoms with Crippen LogP contribution in [0.3, 0.4) is 0 Å². The van der Waals surface area contributed by atoms with Crippen LogP contribution in [0.2, 0.25) is 0 Å². The van der Waals surface area contributed by atoms with Gasteiger partial charge in [0.25, 0.3) is 0 Å². The zero-order valence-corrected chi connectivity index (χ0v) is 12.3. The van der Waals surface area contributed by atoms with Crippen LogP contribution in [-0.2, 0) is 16.1 Å². The highest BCUT2D eigenvalue weighted by molar-refractivity contribution is 5.79. The number of rotatable bonds is 5. The number of nitrogens with zero attached hydrogens (tertiary/aromatic N) is 1. The largest absolute Gasteiger partial charge is 0.461 e. The SMILES string of the molecule is CCC(C(=O)OC(C)C)n1c(=O)oc2cc(CO)ccc21. The van der Waals surface area contributed by atoms with Crippen molar-refractivity contribution in [3.8, 4) is 0 Å². The molecule has 1 unspecified atom stereocenters. The lowest BCUT2D eigenvalue weighted by Gasteiger charge is -2.17. The highest BCUT2D eigenvalue weighted by Gasteiger charge is 2.26. The van der Waals surface area contributed by atoms with Crippen molar-refractivity contribution in [2.45, 2.75) is 45.9 Å². The van der Waals surface area contributed by atoms with Crippen LogP contribution in [0.5, 0.6) is 0 Å². The van der Waals surface area contributed by atoms with Gasteiger partial charge in [0.2, 0.25) is 0 Å². The summed E-state index contributed by atoms with van der Waals surface area (Å²) in [6, 6.07) is 4.22. The van der Waals surface area contributed by atoms with Crippen LogP contribution in [0.15, 0.2) is 27.4 Å². The lowest BCUT2D eigenvalue weighted by molar-refractivity contribution is -0.151. The van der Waals surface area contributed by atoms with Gasteiger partial charge < -0.3 is 14.3 Å². The van der Waals surface area contributed by atoms with Gasteiger partial charge in [-0.05, 0) is 38.0 Å². The summed E-state index contributed by atoms with van der Waals surface area (Å²) in [5.74, 6) is -1.06. The molecule has 0 bridgehead atoms. The molecule has 1 N–H and O–H groups in total. The van der Waals surface area contributed by atoms with E-state index in [0.717, 1.165) is 0 Å². The predicted octanol–water partition coefficient (Wildman–Crippen LogP) is 1.99. The first-order valence-electron chi connectivity index (χ1n) is 6.93. The molecule has 6 nitrogen and oxygen atoms in total. The zero-order chi connectivity index (χ0) is 15.6. The molecule has 0 spiro atoms. The molecule has 21 heavy (non-hydrogen) atoms. The summed E-state index contributed by atoms with van der Waals surface area (Å²) in [5.41, 5.74) is 1.51. The van der Waals surface area contributed by atoms with Crippen LogP contribution < -0.4 is 5.76 Å². The number of carbonyl (C=O) groups excluding carboxylic acids is 1. The van der Waals surface area contributed by atoms with Gasteiger partial charge in [-0.3, -0.25) is 4.57 Å². The highest BCUT2D eigenvalue weighted by atomic mass is 16.5.